The Morgan fingerprint density at radius 3 is 1.00 bits per heavy atom. The summed E-state index contributed by atoms with van der Waals surface area (Å²) in [5, 5.41) is 0. The van der Waals surface area contributed by atoms with Crippen molar-refractivity contribution in [3.05, 3.63) is 0 Å². The number of hydrogen-bond acceptors (Lipinski definition) is 6. The van der Waals surface area contributed by atoms with E-state index in [4.69, 9.17) is 9.47 Å². The van der Waals surface area contributed by atoms with Crippen LogP contribution in [-0.2, 0) is 28.7 Å². The van der Waals surface area contributed by atoms with Crippen molar-refractivity contribution in [2.75, 3.05) is 13.2 Å². The van der Waals surface area contributed by atoms with Gasteiger partial charge in [0, 0.05) is 12.8 Å². The van der Waals surface area contributed by atoms with E-state index in [2.05, 4.69) is 0 Å². The van der Waals surface area contributed by atoms with Crippen molar-refractivity contribution in [2.24, 2.45) is 0 Å². The fourth-order valence-electron chi connectivity index (χ4n) is 3.33. The summed E-state index contributed by atoms with van der Waals surface area (Å²) in [6.45, 7) is 4.13. The molecule has 0 amide bonds. The highest BCUT2D eigenvalue weighted by Gasteiger charge is 2.10. The summed E-state index contributed by atoms with van der Waals surface area (Å²) in [5.74, 6) is -0.858. The summed E-state index contributed by atoms with van der Waals surface area (Å²) in [6.07, 6.45) is 14.3. The highest BCUT2D eigenvalue weighted by atomic mass is 16.5. The number of ketones is 2. The quantitative estimate of drug-likeness (QED) is 0.137. The van der Waals surface area contributed by atoms with Gasteiger partial charge in [0.2, 0.25) is 0 Å². The van der Waals surface area contributed by atoms with Gasteiger partial charge >= 0.3 is 11.9 Å². The highest BCUT2D eigenvalue weighted by molar-refractivity contribution is 5.95. The maximum Gasteiger partial charge on any atom is 0.313 e. The molecule has 0 rings (SSSR count). The van der Waals surface area contributed by atoms with Gasteiger partial charge in [-0.15, -0.1) is 0 Å². The first-order chi connectivity index (χ1) is 14.5. The lowest BCUT2D eigenvalue weighted by Crippen LogP contribution is -2.10. The third-order valence-electron chi connectivity index (χ3n) is 4.95. The molecular formula is C24H42O6. The Hall–Kier alpha value is -1.72. The average Bonchev–Trinajstić information content (AvgIpc) is 2.68. The number of carbonyl (C=O) groups excluding carboxylic acids is 4. The average molecular weight is 427 g/mol. The van der Waals surface area contributed by atoms with Gasteiger partial charge in [-0.3, -0.25) is 19.2 Å². The van der Waals surface area contributed by atoms with Crippen molar-refractivity contribution in [3.63, 3.8) is 0 Å². The predicted octanol–water partition coefficient (Wildman–Crippen LogP) is 5.49. The van der Waals surface area contributed by atoms with Gasteiger partial charge in [-0.25, -0.2) is 0 Å². The van der Waals surface area contributed by atoms with Crippen molar-refractivity contribution in [1.82, 2.24) is 0 Å². The van der Waals surface area contributed by atoms with E-state index in [9.17, 15) is 19.2 Å². The molecule has 0 saturated heterocycles. The first kappa shape index (κ1) is 28.3. The standard InChI is InChI=1S/C24H42O6/c1-3-29-23(27)19-21(25)17-15-13-11-9-7-5-6-8-10-12-14-16-18-22(26)20-24(28)30-4-2/h3-20H2,1-2H3. The fraction of sp³-hybridized carbons (Fsp3) is 0.833. The maximum atomic E-state index is 11.6. The topological polar surface area (TPSA) is 86.7 Å². The molecule has 6 heteroatoms. The Labute approximate surface area is 182 Å². The Kier molecular flexibility index (Phi) is 19.4. The molecule has 0 aliphatic carbocycles. The van der Waals surface area contributed by atoms with Crippen LogP contribution in [0.15, 0.2) is 0 Å². The Bertz CT molecular complexity index is 442. The lowest BCUT2D eigenvalue weighted by atomic mass is 10.0. The minimum Gasteiger partial charge on any atom is -0.466 e. The Morgan fingerprint density at radius 2 is 0.733 bits per heavy atom. The van der Waals surface area contributed by atoms with Crippen molar-refractivity contribution >= 4 is 23.5 Å². The Morgan fingerprint density at radius 1 is 0.467 bits per heavy atom. The monoisotopic (exact) mass is 426 g/mol. The van der Waals surface area contributed by atoms with Crippen LogP contribution < -0.4 is 0 Å². The third-order valence-corrected chi connectivity index (χ3v) is 4.95. The van der Waals surface area contributed by atoms with Crippen LogP contribution in [0.2, 0.25) is 0 Å². The van der Waals surface area contributed by atoms with Crippen LogP contribution in [0.25, 0.3) is 0 Å². The summed E-state index contributed by atoms with van der Waals surface area (Å²) < 4.78 is 9.54. The molecule has 0 atom stereocenters. The van der Waals surface area contributed by atoms with E-state index in [1.807, 2.05) is 0 Å². The van der Waals surface area contributed by atoms with Crippen molar-refractivity contribution < 1.29 is 28.7 Å². The van der Waals surface area contributed by atoms with Gasteiger partial charge in [-0.05, 0) is 26.7 Å². The molecule has 30 heavy (non-hydrogen) atoms. The largest absolute Gasteiger partial charge is 0.466 e. The fourth-order valence-corrected chi connectivity index (χ4v) is 3.33. The van der Waals surface area contributed by atoms with Gasteiger partial charge in [-0.2, -0.15) is 0 Å². The van der Waals surface area contributed by atoms with Crippen molar-refractivity contribution in [1.29, 1.82) is 0 Å². The number of esters is 2. The number of Topliss-reactive ketones (excluding diaryl/α,β-unsaturated/α-hetero) is 2. The minimum atomic E-state index is -0.412. The van der Waals surface area contributed by atoms with Crippen molar-refractivity contribution in [3.8, 4) is 0 Å². The van der Waals surface area contributed by atoms with Gasteiger partial charge < -0.3 is 9.47 Å². The first-order valence-electron chi connectivity index (χ1n) is 11.8. The summed E-state index contributed by atoms with van der Waals surface area (Å²) in [6, 6.07) is 0. The molecule has 0 heterocycles. The summed E-state index contributed by atoms with van der Waals surface area (Å²) in [4.78, 5) is 45.6. The molecule has 0 saturated carbocycles. The van der Waals surface area contributed by atoms with Crippen molar-refractivity contribution in [2.45, 2.75) is 117 Å². The molecule has 0 fully saturated rings. The normalized spacial score (nSPS) is 10.6. The third kappa shape index (κ3) is 19.6. The molecule has 0 aliphatic rings. The second-order valence-corrected chi connectivity index (χ2v) is 7.78. The molecular weight excluding hydrogens is 384 g/mol. The van der Waals surface area contributed by atoms with E-state index in [1.165, 1.54) is 38.5 Å². The van der Waals surface area contributed by atoms with Gasteiger partial charge in [0.15, 0.2) is 0 Å². The van der Waals surface area contributed by atoms with E-state index < -0.39 is 11.9 Å². The van der Waals surface area contributed by atoms with Crippen LogP contribution >= 0.6 is 0 Å². The van der Waals surface area contributed by atoms with E-state index >= 15 is 0 Å². The van der Waals surface area contributed by atoms with E-state index in [0.717, 1.165) is 38.5 Å². The van der Waals surface area contributed by atoms with Gasteiger partial charge in [-0.1, -0.05) is 64.2 Å². The number of ether oxygens (including phenoxy) is 2. The zero-order chi connectivity index (χ0) is 22.5. The van der Waals surface area contributed by atoms with Crippen LogP contribution in [0.5, 0.6) is 0 Å². The maximum absolute atomic E-state index is 11.6. The number of rotatable bonds is 21. The first-order valence-corrected chi connectivity index (χ1v) is 11.8. The molecule has 0 bridgehead atoms. The second-order valence-electron chi connectivity index (χ2n) is 7.78. The molecule has 0 aliphatic heterocycles. The number of hydrogen-bond donors (Lipinski definition) is 0. The van der Waals surface area contributed by atoms with E-state index in [-0.39, 0.29) is 24.4 Å². The number of carbonyl (C=O) groups is 4. The molecule has 0 unspecified atom stereocenters. The molecule has 0 radical (unpaired) electrons. The molecule has 174 valence electrons. The van der Waals surface area contributed by atoms with Gasteiger partial charge in [0.25, 0.3) is 0 Å². The van der Waals surface area contributed by atoms with E-state index in [1.54, 1.807) is 13.8 Å². The number of unbranched alkanes of at least 4 members (excludes halogenated alkanes) is 11. The Balaban J connectivity index is 3.30. The summed E-state index contributed by atoms with van der Waals surface area (Å²) >= 11 is 0. The smallest absolute Gasteiger partial charge is 0.313 e. The van der Waals surface area contributed by atoms with Crippen LogP contribution in [-0.4, -0.2) is 36.7 Å². The molecule has 0 aromatic rings. The molecule has 0 spiro atoms. The van der Waals surface area contributed by atoms with Crippen LogP contribution in [0, 0.1) is 0 Å². The SMILES string of the molecule is CCOC(=O)CC(=O)CCCCCCCCCCCCCCC(=O)CC(=O)OCC. The molecule has 0 aromatic heterocycles. The summed E-state index contributed by atoms with van der Waals surface area (Å²) in [5.41, 5.74) is 0. The van der Waals surface area contributed by atoms with Gasteiger partial charge in [0.1, 0.15) is 24.4 Å². The van der Waals surface area contributed by atoms with E-state index in [0.29, 0.717) is 26.1 Å². The van der Waals surface area contributed by atoms with Crippen LogP contribution in [0.4, 0.5) is 0 Å². The minimum absolute atomic E-state index is 0.0168. The second kappa shape index (κ2) is 20.5. The molecule has 6 nitrogen and oxygen atoms in total. The van der Waals surface area contributed by atoms with Gasteiger partial charge in [0.05, 0.1) is 13.2 Å². The zero-order valence-electron chi connectivity index (χ0n) is 19.2. The van der Waals surface area contributed by atoms with Crippen LogP contribution in [0.3, 0.4) is 0 Å². The lowest BCUT2D eigenvalue weighted by molar-refractivity contribution is -0.147. The highest BCUT2D eigenvalue weighted by Crippen LogP contribution is 2.13. The zero-order valence-corrected chi connectivity index (χ0v) is 19.2. The lowest BCUT2D eigenvalue weighted by Gasteiger charge is -2.04. The van der Waals surface area contributed by atoms with Crippen LogP contribution in [0.1, 0.15) is 117 Å². The molecule has 0 aromatic carbocycles. The molecule has 0 N–H and O–H groups in total. The summed E-state index contributed by atoms with van der Waals surface area (Å²) in [7, 11) is 0. The predicted molar refractivity (Wildman–Crippen MR) is 117 cm³/mol.